The zero-order chi connectivity index (χ0) is 11.3. The zero-order valence-corrected chi connectivity index (χ0v) is 9.92. The number of ether oxygens (including phenoxy) is 1. The molecule has 2 nitrogen and oxygen atoms in total. The van der Waals surface area contributed by atoms with Crippen LogP contribution in [0.15, 0.2) is 24.3 Å². The van der Waals surface area contributed by atoms with Gasteiger partial charge in [0.25, 0.3) is 0 Å². The Hall–Kier alpha value is -0.570. The molecular weight excluding hydrogens is 212 g/mol. The lowest BCUT2D eigenvalue weighted by atomic mass is 9.97. The second-order valence-electron chi connectivity index (χ2n) is 3.83. The third-order valence-corrected chi connectivity index (χ3v) is 2.45. The van der Waals surface area contributed by atoms with E-state index in [9.17, 15) is 5.11 Å². The molecule has 0 bridgehead atoms. The summed E-state index contributed by atoms with van der Waals surface area (Å²) in [6.45, 7) is 4.76. The lowest BCUT2D eigenvalue weighted by Gasteiger charge is -2.23. The SMILES string of the molecule is CCCOCC(C)(O)c1ccc(Cl)cc1. The van der Waals surface area contributed by atoms with Gasteiger partial charge in [-0.25, -0.2) is 0 Å². The van der Waals surface area contributed by atoms with E-state index in [1.54, 1.807) is 19.1 Å². The van der Waals surface area contributed by atoms with E-state index in [0.29, 0.717) is 18.2 Å². The molecule has 84 valence electrons. The summed E-state index contributed by atoms with van der Waals surface area (Å²) in [5.74, 6) is 0. The highest BCUT2D eigenvalue weighted by atomic mass is 35.5. The molecule has 15 heavy (non-hydrogen) atoms. The molecule has 0 radical (unpaired) electrons. The normalized spacial score (nSPS) is 14.9. The predicted molar refractivity (Wildman–Crippen MR) is 62.1 cm³/mol. The lowest BCUT2D eigenvalue weighted by molar-refractivity contribution is -0.0375. The monoisotopic (exact) mass is 228 g/mol. The molecular formula is C12H17ClO2. The molecule has 0 aliphatic heterocycles. The molecule has 0 aliphatic rings. The van der Waals surface area contributed by atoms with Crippen molar-refractivity contribution in [1.82, 2.24) is 0 Å². The van der Waals surface area contributed by atoms with Gasteiger partial charge in [-0.15, -0.1) is 0 Å². The van der Waals surface area contributed by atoms with Crippen molar-refractivity contribution in [3.8, 4) is 0 Å². The van der Waals surface area contributed by atoms with Crippen molar-refractivity contribution in [2.45, 2.75) is 25.9 Å². The van der Waals surface area contributed by atoms with E-state index in [1.807, 2.05) is 19.1 Å². The molecule has 0 aliphatic carbocycles. The molecule has 1 atom stereocenters. The van der Waals surface area contributed by atoms with Gasteiger partial charge in [-0.3, -0.25) is 0 Å². The van der Waals surface area contributed by atoms with E-state index >= 15 is 0 Å². The fraction of sp³-hybridized carbons (Fsp3) is 0.500. The van der Waals surface area contributed by atoms with E-state index in [1.165, 1.54) is 0 Å². The molecule has 1 aromatic carbocycles. The molecule has 1 unspecified atom stereocenters. The van der Waals surface area contributed by atoms with Crippen LogP contribution in [0.5, 0.6) is 0 Å². The summed E-state index contributed by atoms with van der Waals surface area (Å²) in [6.07, 6.45) is 0.955. The van der Waals surface area contributed by atoms with E-state index in [4.69, 9.17) is 16.3 Å². The Morgan fingerprint density at radius 1 is 1.33 bits per heavy atom. The second-order valence-corrected chi connectivity index (χ2v) is 4.27. The summed E-state index contributed by atoms with van der Waals surface area (Å²) in [7, 11) is 0. The fourth-order valence-electron chi connectivity index (χ4n) is 1.31. The van der Waals surface area contributed by atoms with Crippen LogP contribution >= 0.6 is 11.6 Å². The van der Waals surface area contributed by atoms with Crippen LogP contribution in [0.3, 0.4) is 0 Å². The number of hydrogen-bond donors (Lipinski definition) is 1. The highest BCUT2D eigenvalue weighted by molar-refractivity contribution is 6.30. The number of aliphatic hydroxyl groups is 1. The highest BCUT2D eigenvalue weighted by Crippen LogP contribution is 2.22. The van der Waals surface area contributed by atoms with Crippen molar-refractivity contribution in [2.75, 3.05) is 13.2 Å². The van der Waals surface area contributed by atoms with Crippen molar-refractivity contribution in [3.63, 3.8) is 0 Å². The van der Waals surface area contributed by atoms with Crippen LogP contribution in [0.4, 0.5) is 0 Å². The minimum atomic E-state index is -0.945. The lowest BCUT2D eigenvalue weighted by Crippen LogP contribution is -2.27. The van der Waals surface area contributed by atoms with Gasteiger partial charge in [0, 0.05) is 11.6 Å². The first kappa shape index (κ1) is 12.5. The maximum Gasteiger partial charge on any atom is 0.110 e. The Bertz CT molecular complexity index is 293. The van der Waals surface area contributed by atoms with Crippen LogP contribution in [0, 0.1) is 0 Å². The molecule has 0 amide bonds. The first-order chi connectivity index (χ1) is 7.06. The molecule has 0 aromatic heterocycles. The van der Waals surface area contributed by atoms with Gasteiger partial charge in [0.05, 0.1) is 6.61 Å². The summed E-state index contributed by atoms with van der Waals surface area (Å²) >= 11 is 5.78. The Labute approximate surface area is 95.8 Å². The van der Waals surface area contributed by atoms with Crippen molar-refractivity contribution < 1.29 is 9.84 Å². The van der Waals surface area contributed by atoms with Gasteiger partial charge in [0.2, 0.25) is 0 Å². The van der Waals surface area contributed by atoms with Gasteiger partial charge in [-0.1, -0.05) is 30.7 Å². The molecule has 1 N–H and O–H groups in total. The highest BCUT2D eigenvalue weighted by Gasteiger charge is 2.22. The van der Waals surface area contributed by atoms with Gasteiger partial charge in [-0.2, -0.15) is 0 Å². The summed E-state index contributed by atoms with van der Waals surface area (Å²) in [4.78, 5) is 0. The van der Waals surface area contributed by atoms with Crippen LogP contribution in [-0.4, -0.2) is 18.3 Å². The minimum Gasteiger partial charge on any atom is -0.383 e. The van der Waals surface area contributed by atoms with Crippen LogP contribution in [0.25, 0.3) is 0 Å². The molecule has 3 heteroatoms. The van der Waals surface area contributed by atoms with Crippen LogP contribution in [0.1, 0.15) is 25.8 Å². The molecule has 0 spiro atoms. The Morgan fingerprint density at radius 2 is 1.93 bits per heavy atom. The third kappa shape index (κ3) is 3.82. The van der Waals surface area contributed by atoms with Gasteiger partial charge in [0.1, 0.15) is 5.60 Å². The number of benzene rings is 1. The Morgan fingerprint density at radius 3 is 2.47 bits per heavy atom. The van der Waals surface area contributed by atoms with Crippen LogP contribution in [0.2, 0.25) is 5.02 Å². The summed E-state index contributed by atoms with van der Waals surface area (Å²) in [5, 5.41) is 10.8. The second kappa shape index (κ2) is 5.50. The van der Waals surface area contributed by atoms with Gasteiger partial charge in [0.15, 0.2) is 0 Å². The van der Waals surface area contributed by atoms with E-state index < -0.39 is 5.60 Å². The van der Waals surface area contributed by atoms with Crippen molar-refractivity contribution >= 4 is 11.6 Å². The minimum absolute atomic E-state index is 0.308. The maximum absolute atomic E-state index is 10.1. The standard InChI is InChI=1S/C12H17ClO2/c1-3-8-15-9-12(2,14)10-4-6-11(13)7-5-10/h4-7,14H,3,8-9H2,1-2H3. The topological polar surface area (TPSA) is 29.5 Å². The molecule has 0 saturated carbocycles. The van der Waals surface area contributed by atoms with E-state index in [0.717, 1.165) is 12.0 Å². The van der Waals surface area contributed by atoms with E-state index in [2.05, 4.69) is 0 Å². The molecule has 1 aromatic rings. The number of rotatable bonds is 5. The zero-order valence-electron chi connectivity index (χ0n) is 9.16. The van der Waals surface area contributed by atoms with Gasteiger partial charge >= 0.3 is 0 Å². The van der Waals surface area contributed by atoms with Crippen LogP contribution in [-0.2, 0) is 10.3 Å². The molecule has 1 rings (SSSR count). The van der Waals surface area contributed by atoms with Crippen LogP contribution < -0.4 is 0 Å². The Kier molecular flexibility index (Phi) is 4.58. The molecule has 0 saturated heterocycles. The first-order valence-electron chi connectivity index (χ1n) is 5.12. The molecule has 0 fully saturated rings. The third-order valence-electron chi connectivity index (χ3n) is 2.20. The van der Waals surface area contributed by atoms with Crippen molar-refractivity contribution in [3.05, 3.63) is 34.9 Å². The largest absolute Gasteiger partial charge is 0.383 e. The predicted octanol–water partition coefficient (Wildman–Crippen LogP) is 2.97. The summed E-state index contributed by atoms with van der Waals surface area (Å²) in [5.41, 5.74) is -0.122. The average molecular weight is 229 g/mol. The van der Waals surface area contributed by atoms with Crippen molar-refractivity contribution in [2.24, 2.45) is 0 Å². The summed E-state index contributed by atoms with van der Waals surface area (Å²) in [6, 6.07) is 7.17. The summed E-state index contributed by atoms with van der Waals surface area (Å²) < 4.78 is 5.35. The molecule has 0 heterocycles. The number of hydrogen-bond acceptors (Lipinski definition) is 2. The number of halogens is 1. The van der Waals surface area contributed by atoms with Gasteiger partial charge < -0.3 is 9.84 Å². The average Bonchev–Trinajstić information content (AvgIpc) is 2.18. The van der Waals surface area contributed by atoms with E-state index in [-0.39, 0.29) is 0 Å². The maximum atomic E-state index is 10.1. The van der Waals surface area contributed by atoms with Gasteiger partial charge in [-0.05, 0) is 31.0 Å². The Balaban J connectivity index is 2.63. The quantitative estimate of drug-likeness (QED) is 0.786. The van der Waals surface area contributed by atoms with Crippen molar-refractivity contribution in [1.29, 1.82) is 0 Å². The fourth-order valence-corrected chi connectivity index (χ4v) is 1.43. The smallest absolute Gasteiger partial charge is 0.110 e. The first-order valence-corrected chi connectivity index (χ1v) is 5.50.